The van der Waals surface area contributed by atoms with Crippen molar-refractivity contribution < 1.29 is 0 Å². The first kappa shape index (κ1) is 18.9. The minimum absolute atomic E-state index is 0. The molecule has 0 spiro atoms. The molecular formula is C15H20IN7. The van der Waals surface area contributed by atoms with Crippen molar-refractivity contribution in [1.82, 2.24) is 25.0 Å². The summed E-state index contributed by atoms with van der Waals surface area (Å²) in [4.78, 5) is 10.4. The first-order chi connectivity index (χ1) is 10.6. The van der Waals surface area contributed by atoms with Gasteiger partial charge >= 0.3 is 0 Å². The average Bonchev–Trinajstić information content (AvgIpc) is 2.93. The van der Waals surface area contributed by atoms with Gasteiger partial charge in [-0.25, -0.2) is 4.98 Å². The van der Waals surface area contributed by atoms with Crippen molar-refractivity contribution >= 4 is 29.9 Å². The van der Waals surface area contributed by atoms with Gasteiger partial charge in [0.2, 0.25) is 0 Å². The number of aliphatic imine (C=N–C) groups is 1. The van der Waals surface area contributed by atoms with E-state index >= 15 is 0 Å². The quantitative estimate of drug-likeness (QED) is 0.456. The number of rotatable bonds is 4. The van der Waals surface area contributed by atoms with Crippen LogP contribution >= 0.6 is 24.0 Å². The van der Waals surface area contributed by atoms with Crippen LogP contribution in [0.4, 0.5) is 0 Å². The third-order valence-corrected chi connectivity index (χ3v) is 3.26. The summed E-state index contributed by atoms with van der Waals surface area (Å²) >= 11 is 0. The third kappa shape index (κ3) is 5.21. The first-order valence-corrected chi connectivity index (χ1v) is 6.87. The highest BCUT2D eigenvalue weighted by atomic mass is 127. The molecule has 8 heteroatoms. The predicted octanol–water partition coefficient (Wildman–Crippen LogP) is 1.51. The molecule has 0 fully saturated rings. The maximum absolute atomic E-state index is 8.93. The first-order valence-electron chi connectivity index (χ1n) is 6.87. The maximum Gasteiger partial charge on any atom is 0.194 e. The van der Waals surface area contributed by atoms with Gasteiger partial charge in [-0.1, -0.05) is 12.1 Å². The van der Waals surface area contributed by atoms with E-state index in [0.717, 1.165) is 17.3 Å². The smallest absolute Gasteiger partial charge is 0.194 e. The molecule has 0 radical (unpaired) electrons. The summed E-state index contributed by atoms with van der Waals surface area (Å²) in [6.07, 6.45) is 1.53. The molecule has 0 aliphatic heterocycles. The molecule has 0 atom stereocenters. The van der Waals surface area contributed by atoms with Gasteiger partial charge in [0, 0.05) is 27.7 Å². The highest BCUT2D eigenvalue weighted by Gasteiger charge is 2.09. The molecule has 0 unspecified atom stereocenters. The fourth-order valence-electron chi connectivity index (χ4n) is 2.07. The Morgan fingerprint density at radius 1 is 1.48 bits per heavy atom. The molecule has 0 aliphatic rings. The van der Waals surface area contributed by atoms with Gasteiger partial charge in [-0.05, 0) is 17.7 Å². The number of benzene rings is 1. The fraction of sp³-hybridized carbons (Fsp3) is 0.333. The Balaban J connectivity index is 0.00000264. The number of hydrogen-bond acceptors (Lipinski definition) is 4. The lowest BCUT2D eigenvalue weighted by Crippen LogP contribution is -2.38. The van der Waals surface area contributed by atoms with Gasteiger partial charge in [0.25, 0.3) is 0 Å². The summed E-state index contributed by atoms with van der Waals surface area (Å²) in [5, 5.41) is 16.3. The summed E-state index contributed by atoms with van der Waals surface area (Å²) in [7, 11) is 5.54. The average molecular weight is 425 g/mol. The molecule has 0 bridgehead atoms. The van der Waals surface area contributed by atoms with Crippen molar-refractivity contribution in [3.8, 4) is 6.07 Å². The molecule has 2 rings (SSSR count). The molecule has 122 valence electrons. The second kappa shape index (κ2) is 9.09. The van der Waals surface area contributed by atoms with Gasteiger partial charge in [-0.2, -0.15) is 10.4 Å². The highest BCUT2D eigenvalue weighted by Crippen LogP contribution is 2.04. The van der Waals surface area contributed by atoms with E-state index in [9.17, 15) is 0 Å². The van der Waals surface area contributed by atoms with Crippen molar-refractivity contribution in [2.45, 2.75) is 13.1 Å². The molecule has 0 amide bonds. The van der Waals surface area contributed by atoms with Crippen LogP contribution < -0.4 is 5.32 Å². The van der Waals surface area contributed by atoms with E-state index in [4.69, 9.17) is 5.26 Å². The SMILES string of the molecule is CN=C(NCc1cccc(C#N)c1)N(C)Cc1ncnn1C.I. The number of nitrogens with zero attached hydrogens (tertiary/aromatic N) is 6. The van der Waals surface area contributed by atoms with Crippen LogP contribution in [0.5, 0.6) is 0 Å². The molecule has 0 aliphatic carbocycles. The van der Waals surface area contributed by atoms with E-state index < -0.39 is 0 Å². The molecule has 1 aromatic carbocycles. The van der Waals surface area contributed by atoms with Crippen LogP contribution in [0.2, 0.25) is 0 Å². The molecule has 1 N–H and O–H groups in total. The number of aryl methyl sites for hydroxylation is 1. The summed E-state index contributed by atoms with van der Waals surface area (Å²) in [6, 6.07) is 9.65. The van der Waals surface area contributed by atoms with Gasteiger partial charge in [-0.3, -0.25) is 9.67 Å². The normalized spacial score (nSPS) is 10.6. The maximum atomic E-state index is 8.93. The number of guanidine groups is 1. The van der Waals surface area contributed by atoms with Crippen LogP contribution in [-0.4, -0.2) is 39.7 Å². The Hall–Kier alpha value is -2.15. The van der Waals surface area contributed by atoms with Crippen LogP contribution in [0, 0.1) is 11.3 Å². The lowest BCUT2D eigenvalue weighted by molar-refractivity contribution is 0.448. The van der Waals surface area contributed by atoms with E-state index in [1.807, 2.05) is 37.2 Å². The molecule has 23 heavy (non-hydrogen) atoms. The molecule has 0 saturated heterocycles. The Morgan fingerprint density at radius 2 is 2.26 bits per heavy atom. The summed E-state index contributed by atoms with van der Waals surface area (Å²) in [6.45, 7) is 1.21. The number of aromatic nitrogens is 3. The third-order valence-electron chi connectivity index (χ3n) is 3.26. The molecule has 2 aromatic rings. The second-order valence-corrected chi connectivity index (χ2v) is 4.87. The number of hydrogen-bond donors (Lipinski definition) is 1. The summed E-state index contributed by atoms with van der Waals surface area (Å²) in [5.74, 6) is 1.61. The topological polar surface area (TPSA) is 82.1 Å². The van der Waals surface area contributed by atoms with Crippen LogP contribution in [0.15, 0.2) is 35.6 Å². The lowest BCUT2D eigenvalue weighted by Gasteiger charge is -2.21. The Kier molecular flexibility index (Phi) is 7.47. The van der Waals surface area contributed by atoms with Crippen molar-refractivity contribution in [3.63, 3.8) is 0 Å². The number of nitrogens with one attached hydrogen (secondary N) is 1. The standard InChI is InChI=1S/C15H19N7.HI/c1-17-15(21(2)10-14-19-11-20-22(14)3)18-9-13-6-4-5-12(7-13)8-16;/h4-7,11H,9-10H2,1-3H3,(H,17,18);1H. The van der Waals surface area contributed by atoms with Gasteiger partial charge in [0.15, 0.2) is 5.96 Å². The van der Waals surface area contributed by atoms with Gasteiger partial charge in [0.05, 0.1) is 18.2 Å². The number of nitriles is 1. The van der Waals surface area contributed by atoms with Gasteiger partial charge in [0.1, 0.15) is 12.2 Å². The van der Waals surface area contributed by atoms with E-state index in [1.54, 1.807) is 17.8 Å². The molecule has 0 saturated carbocycles. The lowest BCUT2D eigenvalue weighted by atomic mass is 10.1. The Bertz CT molecular complexity index is 702. The Morgan fingerprint density at radius 3 is 2.87 bits per heavy atom. The fourth-order valence-corrected chi connectivity index (χ4v) is 2.07. The van der Waals surface area contributed by atoms with E-state index in [-0.39, 0.29) is 24.0 Å². The minimum Gasteiger partial charge on any atom is -0.352 e. The van der Waals surface area contributed by atoms with Crippen molar-refractivity contribution in [1.29, 1.82) is 5.26 Å². The van der Waals surface area contributed by atoms with Crippen LogP contribution in [0.1, 0.15) is 17.0 Å². The molecule has 1 aromatic heterocycles. The van der Waals surface area contributed by atoms with E-state index in [0.29, 0.717) is 18.7 Å². The summed E-state index contributed by atoms with van der Waals surface area (Å²) in [5.41, 5.74) is 1.69. The largest absolute Gasteiger partial charge is 0.352 e. The second-order valence-electron chi connectivity index (χ2n) is 4.87. The van der Waals surface area contributed by atoms with E-state index in [2.05, 4.69) is 26.5 Å². The highest BCUT2D eigenvalue weighted by molar-refractivity contribution is 14.0. The van der Waals surface area contributed by atoms with Crippen LogP contribution in [-0.2, 0) is 20.1 Å². The molecular weight excluding hydrogens is 405 g/mol. The predicted molar refractivity (Wildman–Crippen MR) is 99.2 cm³/mol. The minimum atomic E-state index is 0. The van der Waals surface area contributed by atoms with Crippen molar-refractivity contribution in [2.24, 2.45) is 12.0 Å². The van der Waals surface area contributed by atoms with E-state index in [1.165, 1.54) is 6.33 Å². The monoisotopic (exact) mass is 425 g/mol. The zero-order chi connectivity index (χ0) is 15.9. The summed E-state index contributed by atoms with van der Waals surface area (Å²) < 4.78 is 1.74. The molecule has 1 heterocycles. The van der Waals surface area contributed by atoms with Crippen molar-refractivity contribution in [2.75, 3.05) is 14.1 Å². The number of halogens is 1. The Labute approximate surface area is 153 Å². The zero-order valence-corrected chi connectivity index (χ0v) is 15.7. The van der Waals surface area contributed by atoms with Crippen molar-refractivity contribution in [3.05, 3.63) is 47.5 Å². The molecule has 7 nitrogen and oxygen atoms in total. The zero-order valence-electron chi connectivity index (χ0n) is 13.4. The van der Waals surface area contributed by atoms with Crippen LogP contribution in [0.25, 0.3) is 0 Å². The van der Waals surface area contributed by atoms with Gasteiger partial charge in [-0.15, -0.1) is 24.0 Å². The van der Waals surface area contributed by atoms with Gasteiger partial charge < -0.3 is 10.2 Å². The van der Waals surface area contributed by atoms with Crippen LogP contribution in [0.3, 0.4) is 0 Å².